The fourth-order valence-corrected chi connectivity index (χ4v) is 3.78. The molecule has 0 spiro atoms. The number of hydrogen-bond donors (Lipinski definition) is 0. The van der Waals surface area contributed by atoms with Gasteiger partial charge >= 0.3 is 0 Å². The number of hydrogen-bond acceptors (Lipinski definition) is 2. The molecule has 0 N–H and O–H groups in total. The molecule has 1 aliphatic rings. The molecular formula is C17H16FNOS. The second-order valence-corrected chi connectivity index (χ2v) is 6.21. The summed E-state index contributed by atoms with van der Waals surface area (Å²) in [4.78, 5) is 14.4. The lowest BCUT2D eigenvalue weighted by molar-refractivity contribution is -0.130. The molecule has 2 aromatic rings. The first-order valence-electron chi connectivity index (χ1n) is 6.94. The van der Waals surface area contributed by atoms with Crippen molar-refractivity contribution in [3.63, 3.8) is 0 Å². The van der Waals surface area contributed by atoms with E-state index in [1.165, 1.54) is 12.1 Å². The van der Waals surface area contributed by atoms with Gasteiger partial charge < -0.3 is 4.90 Å². The molecule has 1 heterocycles. The average Bonchev–Trinajstić information content (AvgIpc) is 2.98. The van der Waals surface area contributed by atoms with Crippen molar-refractivity contribution in [2.75, 3.05) is 12.3 Å². The molecule has 0 aliphatic carbocycles. The van der Waals surface area contributed by atoms with Gasteiger partial charge in [-0.2, -0.15) is 0 Å². The summed E-state index contributed by atoms with van der Waals surface area (Å²) in [5.74, 6) is 0.798. The van der Waals surface area contributed by atoms with Crippen LogP contribution in [0.15, 0.2) is 54.6 Å². The van der Waals surface area contributed by atoms with Crippen LogP contribution in [-0.4, -0.2) is 23.1 Å². The Balaban J connectivity index is 1.74. The summed E-state index contributed by atoms with van der Waals surface area (Å²) in [5, 5.41) is 0.00168. The van der Waals surface area contributed by atoms with Gasteiger partial charge in [0.15, 0.2) is 0 Å². The van der Waals surface area contributed by atoms with Gasteiger partial charge in [-0.25, -0.2) is 4.39 Å². The number of benzene rings is 2. The SMILES string of the molecule is O=C(Cc1ccccc1)N1CCS[C@@H]1c1ccc(F)cc1. The van der Waals surface area contributed by atoms with Crippen molar-refractivity contribution in [1.29, 1.82) is 0 Å². The van der Waals surface area contributed by atoms with Crippen LogP contribution in [-0.2, 0) is 11.2 Å². The predicted octanol–water partition coefficient (Wildman–Crippen LogP) is 3.64. The molecule has 1 fully saturated rings. The summed E-state index contributed by atoms with van der Waals surface area (Å²) in [6, 6.07) is 16.2. The number of rotatable bonds is 3. The molecule has 0 aromatic heterocycles. The molecule has 4 heteroatoms. The highest BCUT2D eigenvalue weighted by molar-refractivity contribution is 7.99. The van der Waals surface area contributed by atoms with Gasteiger partial charge in [0.2, 0.25) is 5.91 Å². The molecule has 1 atom stereocenters. The number of thioether (sulfide) groups is 1. The Morgan fingerprint density at radius 3 is 2.57 bits per heavy atom. The van der Waals surface area contributed by atoms with Gasteiger partial charge in [0.05, 0.1) is 6.42 Å². The molecular weight excluding hydrogens is 285 g/mol. The first-order chi connectivity index (χ1) is 10.2. The van der Waals surface area contributed by atoms with E-state index >= 15 is 0 Å². The zero-order valence-electron chi connectivity index (χ0n) is 11.5. The van der Waals surface area contributed by atoms with Crippen LogP contribution in [0.2, 0.25) is 0 Å². The first kappa shape index (κ1) is 14.1. The van der Waals surface area contributed by atoms with Crippen molar-refractivity contribution < 1.29 is 9.18 Å². The molecule has 2 nitrogen and oxygen atoms in total. The topological polar surface area (TPSA) is 20.3 Å². The number of amides is 1. The minimum absolute atomic E-state index is 0.00168. The third kappa shape index (κ3) is 3.27. The van der Waals surface area contributed by atoms with E-state index in [4.69, 9.17) is 0 Å². The minimum atomic E-state index is -0.246. The average molecular weight is 301 g/mol. The second kappa shape index (κ2) is 6.31. The molecule has 0 bridgehead atoms. The molecule has 0 saturated carbocycles. The Morgan fingerprint density at radius 1 is 1.14 bits per heavy atom. The highest BCUT2D eigenvalue weighted by Crippen LogP contribution is 2.38. The molecule has 1 aliphatic heterocycles. The Kier molecular flexibility index (Phi) is 4.25. The van der Waals surface area contributed by atoms with E-state index in [1.54, 1.807) is 23.9 Å². The van der Waals surface area contributed by atoms with E-state index < -0.39 is 0 Å². The molecule has 1 amide bonds. The van der Waals surface area contributed by atoms with Crippen molar-refractivity contribution in [2.24, 2.45) is 0 Å². The van der Waals surface area contributed by atoms with Crippen molar-refractivity contribution in [2.45, 2.75) is 11.8 Å². The lowest BCUT2D eigenvalue weighted by atomic mass is 10.1. The third-order valence-electron chi connectivity index (χ3n) is 3.56. The number of halogens is 1. The van der Waals surface area contributed by atoms with Crippen molar-refractivity contribution in [1.82, 2.24) is 4.90 Å². The Hall–Kier alpha value is -1.81. The van der Waals surface area contributed by atoms with Crippen LogP contribution in [0.25, 0.3) is 0 Å². The summed E-state index contributed by atoms with van der Waals surface area (Å²) in [7, 11) is 0. The van der Waals surface area contributed by atoms with Crippen LogP contribution in [0.1, 0.15) is 16.5 Å². The van der Waals surface area contributed by atoms with Crippen LogP contribution in [0.4, 0.5) is 4.39 Å². The number of carbonyl (C=O) groups excluding carboxylic acids is 1. The zero-order valence-corrected chi connectivity index (χ0v) is 12.4. The van der Waals surface area contributed by atoms with E-state index in [2.05, 4.69) is 0 Å². The maximum absolute atomic E-state index is 13.0. The van der Waals surface area contributed by atoms with Crippen LogP contribution in [0, 0.1) is 5.82 Å². The standard InChI is InChI=1S/C17H16FNOS/c18-15-8-6-14(7-9-15)17-19(10-11-21-17)16(20)12-13-4-2-1-3-5-13/h1-9,17H,10-12H2/t17-/m1/s1. The van der Waals surface area contributed by atoms with Gasteiger partial charge in [-0.15, -0.1) is 11.8 Å². The number of nitrogens with zero attached hydrogens (tertiary/aromatic N) is 1. The normalized spacial score (nSPS) is 18.0. The van der Waals surface area contributed by atoms with E-state index in [9.17, 15) is 9.18 Å². The van der Waals surface area contributed by atoms with E-state index in [0.29, 0.717) is 6.42 Å². The summed E-state index contributed by atoms with van der Waals surface area (Å²) in [6.45, 7) is 0.748. The maximum Gasteiger partial charge on any atom is 0.228 e. The Morgan fingerprint density at radius 2 is 1.86 bits per heavy atom. The smallest absolute Gasteiger partial charge is 0.228 e. The summed E-state index contributed by atoms with van der Waals surface area (Å²) in [6.07, 6.45) is 0.416. The van der Waals surface area contributed by atoms with Gasteiger partial charge in [0.25, 0.3) is 0 Å². The Bertz CT molecular complexity index is 614. The maximum atomic E-state index is 13.0. The monoisotopic (exact) mass is 301 g/mol. The lowest BCUT2D eigenvalue weighted by Crippen LogP contribution is -2.31. The van der Waals surface area contributed by atoms with Gasteiger partial charge in [0.1, 0.15) is 11.2 Å². The van der Waals surface area contributed by atoms with Gasteiger partial charge in [-0.3, -0.25) is 4.79 Å². The van der Waals surface area contributed by atoms with Crippen LogP contribution >= 0.6 is 11.8 Å². The summed E-state index contributed by atoms with van der Waals surface area (Å²) < 4.78 is 13.0. The van der Waals surface area contributed by atoms with E-state index in [-0.39, 0.29) is 17.1 Å². The highest BCUT2D eigenvalue weighted by Gasteiger charge is 2.30. The number of carbonyl (C=O) groups is 1. The quantitative estimate of drug-likeness (QED) is 0.862. The van der Waals surface area contributed by atoms with Gasteiger partial charge in [0, 0.05) is 12.3 Å². The Labute approximate surface area is 128 Å². The highest BCUT2D eigenvalue weighted by atomic mass is 32.2. The fraction of sp³-hybridized carbons (Fsp3) is 0.235. The summed E-state index contributed by atoms with van der Waals surface area (Å²) >= 11 is 1.73. The van der Waals surface area contributed by atoms with Gasteiger partial charge in [-0.05, 0) is 23.3 Å². The molecule has 3 rings (SSSR count). The molecule has 2 aromatic carbocycles. The largest absolute Gasteiger partial charge is 0.325 e. The molecule has 0 unspecified atom stereocenters. The van der Waals surface area contributed by atoms with Crippen molar-refractivity contribution in [3.8, 4) is 0 Å². The van der Waals surface area contributed by atoms with Crippen LogP contribution in [0.3, 0.4) is 0 Å². The second-order valence-electron chi connectivity index (χ2n) is 5.02. The minimum Gasteiger partial charge on any atom is -0.325 e. The zero-order chi connectivity index (χ0) is 14.7. The van der Waals surface area contributed by atoms with Crippen LogP contribution < -0.4 is 0 Å². The molecule has 21 heavy (non-hydrogen) atoms. The fourth-order valence-electron chi connectivity index (χ4n) is 2.50. The van der Waals surface area contributed by atoms with Crippen molar-refractivity contribution >= 4 is 17.7 Å². The lowest BCUT2D eigenvalue weighted by Gasteiger charge is -2.24. The van der Waals surface area contributed by atoms with Crippen molar-refractivity contribution in [3.05, 3.63) is 71.5 Å². The van der Waals surface area contributed by atoms with Crippen LogP contribution in [0.5, 0.6) is 0 Å². The molecule has 0 radical (unpaired) electrons. The molecule has 108 valence electrons. The molecule has 1 saturated heterocycles. The summed E-state index contributed by atoms with van der Waals surface area (Å²) in [5.41, 5.74) is 2.01. The first-order valence-corrected chi connectivity index (χ1v) is 7.99. The van der Waals surface area contributed by atoms with E-state index in [1.807, 2.05) is 35.2 Å². The third-order valence-corrected chi connectivity index (χ3v) is 4.83. The van der Waals surface area contributed by atoms with Gasteiger partial charge in [-0.1, -0.05) is 42.5 Å². The van der Waals surface area contributed by atoms with E-state index in [0.717, 1.165) is 23.4 Å². The predicted molar refractivity (Wildman–Crippen MR) is 83.5 cm³/mol.